The molecule has 13 heavy (non-hydrogen) atoms. The average molecular weight is 174 g/mol. The summed E-state index contributed by atoms with van der Waals surface area (Å²) in [6, 6.07) is 10.2. The molecule has 1 atom stereocenters. The van der Waals surface area contributed by atoms with E-state index in [9.17, 15) is 0 Å². The molecule has 0 amide bonds. The van der Waals surface area contributed by atoms with Gasteiger partial charge in [0, 0.05) is 13.5 Å². The molecule has 0 spiro atoms. The van der Waals surface area contributed by atoms with Crippen molar-refractivity contribution in [2.75, 3.05) is 7.11 Å². The fourth-order valence-corrected chi connectivity index (χ4v) is 1.20. The predicted octanol–water partition coefficient (Wildman–Crippen LogP) is 2.79. The molecule has 68 valence electrons. The van der Waals surface area contributed by atoms with Crippen LogP contribution < -0.4 is 0 Å². The van der Waals surface area contributed by atoms with E-state index in [1.54, 1.807) is 7.11 Å². The van der Waals surface area contributed by atoms with Gasteiger partial charge in [0.15, 0.2) is 0 Å². The van der Waals surface area contributed by atoms with Crippen LogP contribution >= 0.6 is 0 Å². The largest absolute Gasteiger partial charge is 0.376 e. The van der Waals surface area contributed by atoms with E-state index < -0.39 is 0 Å². The molecule has 1 nitrogen and oxygen atoms in total. The summed E-state index contributed by atoms with van der Waals surface area (Å²) >= 11 is 0. The first kappa shape index (κ1) is 9.83. The van der Waals surface area contributed by atoms with Gasteiger partial charge >= 0.3 is 0 Å². The van der Waals surface area contributed by atoms with Crippen molar-refractivity contribution >= 4 is 0 Å². The zero-order valence-electron chi connectivity index (χ0n) is 8.08. The van der Waals surface area contributed by atoms with Crippen molar-refractivity contribution in [3.63, 3.8) is 0 Å². The lowest BCUT2D eigenvalue weighted by Crippen LogP contribution is -1.99. The lowest BCUT2D eigenvalue weighted by Gasteiger charge is -2.11. The van der Waals surface area contributed by atoms with E-state index in [-0.39, 0.29) is 6.10 Å². The Balaban J connectivity index is 2.70. The van der Waals surface area contributed by atoms with Crippen molar-refractivity contribution in [2.24, 2.45) is 0 Å². The van der Waals surface area contributed by atoms with E-state index in [0.717, 1.165) is 6.42 Å². The van der Waals surface area contributed by atoms with Crippen molar-refractivity contribution in [1.82, 2.24) is 0 Å². The zero-order valence-corrected chi connectivity index (χ0v) is 8.08. The second kappa shape index (κ2) is 5.40. The minimum Gasteiger partial charge on any atom is -0.376 e. The molecule has 1 heteroatoms. The third-order valence-corrected chi connectivity index (χ3v) is 1.92. The molecular formula is C12H14O. The van der Waals surface area contributed by atoms with Crippen LogP contribution in [-0.4, -0.2) is 7.11 Å². The van der Waals surface area contributed by atoms with E-state index in [2.05, 4.69) is 24.0 Å². The van der Waals surface area contributed by atoms with Gasteiger partial charge in [-0.25, -0.2) is 0 Å². The number of ether oxygens (including phenoxy) is 1. The van der Waals surface area contributed by atoms with Gasteiger partial charge in [0.2, 0.25) is 0 Å². The van der Waals surface area contributed by atoms with Crippen LogP contribution in [0, 0.1) is 11.8 Å². The summed E-state index contributed by atoms with van der Waals surface area (Å²) in [5.41, 5.74) is 1.19. The number of hydrogen-bond donors (Lipinski definition) is 0. The standard InChI is InChI=1S/C12H14O/c1-3-4-10-12(13-2)11-8-6-5-7-9-11/h5-9,12H,10H2,1-2H3. The minimum absolute atomic E-state index is 0.105. The summed E-state index contributed by atoms with van der Waals surface area (Å²) in [6.45, 7) is 1.84. The van der Waals surface area contributed by atoms with Gasteiger partial charge in [0.25, 0.3) is 0 Å². The molecule has 0 aliphatic rings. The third-order valence-electron chi connectivity index (χ3n) is 1.92. The van der Waals surface area contributed by atoms with Crippen LogP contribution in [0.4, 0.5) is 0 Å². The molecule has 1 aromatic rings. The molecule has 0 bridgehead atoms. The molecule has 1 unspecified atom stereocenters. The van der Waals surface area contributed by atoms with Gasteiger partial charge < -0.3 is 4.74 Å². The van der Waals surface area contributed by atoms with Crippen LogP contribution in [0.15, 0.2) is 30.3 Å². The van der Waals surface area contributed by atoms with Crippen molar-refractivity contribution in [1.29, 1.82) is 0 Å². The maximum atomic E-state index is 5.34. The Bertz CT molecular complexity index is 292. The number of benzene rings is 1. The van der Waals surface area contributed by atoms with Crippen LogP contribution in [0.2, 0.25) is 0 Å². The highest BCUT2D eigenvalue weighted by atomic mass is 16.5. The Morgan fingerprint density at radius 2 is 2.00 bits per heavy atom. The highest BCUT2D eigenvalue weighted by Gasteiger charge is 2.06. The molecule has 1 aromatic carbocycles. The fraction of sp³-hybridized carbons (Fsp3) is 0.333. The molecule has 0 saturated heterocycles. The van der Waals surface area contributed by atoms with Gasteiger partial charge in [-0.1, -0.05) is 30.3 Å². The van der Waals surface area contributed by atoms with E-state index in [1.165, 1.54) is 5.56 Å². The van der Waals surface area contributed by atoms with Crippen LogP contribution in [0.5, 0.6) is 0 Å². The molecule has 0 aliphatic carbocycles. The summed E-state index contributed by atoms with van der Waals surface area (Å²) in [6.07, 6.45) is 0.866. The summed E-state index contributed by atoms with van der Waals surface area (Å²) in [7, 11) is 1.72. The Labute approximate surface area is 79.7 Å². The van der Waals surface area contributed by atoms with Crippen molar-refractivity contribution in [3.05, 3.63) is 35.9 Å². The smallest absolute Gasteiger partial charge is 0.0930 e. The highest BCUT2D eigenvalue weighted by Crippen LogP contribution is 2.18. The van der Waals surface area contributed by atoms with E-state index in [1.807, 2.05) is 25.1 Å². The second-order valence-electron chi connectivity index (χ2n) is 2.77. The van der Waals surface area contributed by atoms with E-state index in [0.29, 0.717) is 0 Å². The Morgan fingerprint density at radius 3 is 2.54 bits per heavy atom. The lowest BCUT2D eigenvalue weighted by atomic mass is 10.1. The van der Waals surface area contributed by atoms with Crippen molar-refractivity contribution in [2.45, 2.75) is 19.4 Å². The van der Waals surface area contributed by atoms with Crippen LogP contribution in [0.3, 0.4) is 0 Å². The normalized spacial score (nSPS) is 11.5. The topological polar surface area (TPSA) is 9.23 Å². The Hall–Kier alpha value is -1.26. The third kappa shape index (κ3) is 2.93. The Kier molecular flexibility index (Phi) is 4.08. The number of hydrogen-bond acceptors (Lipinski definition) is 1. The van der Waals surface area contributed by atoms with Crippen LogP contribution in [0.25, 0.3) is 0 Å². The molecule has 0 aromatic heterocycles. The summed E-state index contributed by atoms with van der Waals surface area (Å²) in [4.78, 5) is 0. The zero-order chi connectivity index (χ0) is 9.52. The first-order valence-electron chi connectivity index (χ1n) is 4.36. The predicted molar refractivity (Wildman–Crippen MR) is 54.3 cm³/mol. The minimum atomic E-state index is 0.105. The molecule has 0 fully saturated rings. The Morgan fingerprint density at radius 1 is 1.31 bits per heavy atom. The van der Waals surface area contributed by atoms with Crippen LogP contribution in [-0.2, 0) is 4.74 Å². The first-order chi connectivity index (χ1) is 6.38. The van der Waals surface area contributed by atoms with Crippen molar-refractivity contribution < 1.29 is 4.74 Å². The monoisotopic (exact) mass is 174 g/mol. The fourth-order valence-electron chi connectivity index (χ4n) is 1.20. The quantitative estimate of drug-likeness (QED) is 0.640. The summed E-state index contributed by atoms with van der Waals surface area (Å²) in [5.74, 6) is 5.89. The molecule has 0 heterocycles. The molecular weight excluding hydrogens is 160 g/mol. The molecule has 0 N–H and O–H groups in total. The molecule has 0 radical (unpaired) electrons. The van der Waals surface area contributed by atoms with Gasteiger partial charge in [-0.2, -0.15) is 0 Å². The summed E-state index contributed by atoms with van der Waals surface area (Å²) < 4.78 is 5.34. The summed E-state index contributed by atoms with van der Waals surface area (Å²) in [5, 5.41) is 0. The molecule has 0 aliphatic heterocycles. The second-order valence-corrected chi connectivity index (χ2v) is 2.77. The van der Waals surface area contributed by atoms with Gasteiger partial charge in [0.1, 0.15) is 0 Å². The SMILES string of the molecule is CC#CCC(OC)c1ccccc1. The first-order valence-corrected chi connectivity index (χ1v) is 4.36. The van der Waals surface area contributed by atoms with Gasteiger partial charge in [-0.15, -0.1) is 11.8 Å². The van der Waals surface area contributed by atoms with Gasteiger partial charge in [-0.3, -0.25) is 0 Å². The van der Waals surface area contributed by atoms with Gasteiger partial charge in [0.05, 0.1) is 6.10 Å². The number of methoxy groups -OCH3 is 1. The molecule has 1 rings (SSSR count). The molecule has 0 saturated carbocycles. The number of rotatable bonds is 3. The average Bonchev–Trinajstić information content (AvgIpc) is 2.21. The van der Waals surface area contributed by atoms with Crippen LogP contribution in [0.1, 0.15) is 25.0 Å². The van der Waals surface area contributed by atoms with E-state index in [4.69, 9.17) is 4.74 Å². The maximum Gasteiger partial charge on any atom is 0.0930 e. The van der Waals surface area contributed by atoms with Gasteiger partial charge in [-0.05, 0) is 12.5 Å². The lowest BCUT2D eigenvalue weighted by molar-refractivity contribution is 0.108. The maximum absolute atomic E-state index is 5.34. The highest BCUT2D eigenvalue weighted by molar-refractivity contribution is 5.19. The van der Waals surface area contributed by atoms with Crippen molar-refractivity contribution in [3.8, 4) is 11.8 Å². The van der Waals surface area contributed by atoms with E-state index >= 15 is 0 Å².